The van der Waals surface area contributed by atoms with E-state index in [0.717, 1.165) is 32.0 Å². The standard InChI is InChI=1S/C38H53FN4O4S3/c1-37(2,3)26-38(4,5)47-34-10-8-30(24-32(34)39)50(45,46)35-25-40-33-9-7-29(49(6)44)23-31(33)36(35)43-17-13-27(14-18-43)41-15-11-28(12-16-41)42-19-21-48-22-20-42/h7-10,23-25,27-28H,11-22,26H2,1-6H3. The summed E-state index contributed by atoms with van der Waals surface area (Å²) in [6, 6.07) is 10.4. The molecule has 3 aliphatic heterocycles. The van der Waals surface area contributed by atoms with Crippen molar-refractivity contribution in [1.29, 1.82) is 0 Å². The van der Waals surface area contributed by atoms with Gasteiger partial charge in [-0.05, 0) is 101 Å². The number of aromatic nitrogens is 1. The Balaban J connectivity index is 1.26. The van der Waals surface area contributed by atoms with Gasteiger partial charge in [0.1, 0.15) is 10.5 Å². The Kier molecular flexibility index (Phi) is 11.3. The highest BCUT2D eigenvalue weighted by Gasteiger charge is 2.34. The van der Waals surface area contributed by atoms with Gasteiger partial charge in [-0.2, -0.15) is 11.8 Å². The van der Waals surface area contributed by atoms with Gasteiger partial charge in [0.15, 0.2) is 11.6 Å². The fraction of sp³-hybridized carbons (Fsp3) is 0.605. The van der Waals surface area contributed by atoms with Crippen LogP contribution < -0.4 is 9.64 Å². The first-order chi connectivity index (χ1) is 23.6. The van der Waals surface area contributed by atoms with E-state index in [4.69, 9.17) is 4.74 Å². The Hall–Kier alpha value is -2.25. The number of hydrogen-bond acceptors (Lipinski definition) is 9. The van der Waals surface area contributed by atoms with Gasteiger partial charge < -0.3 is 14.5 Å². The number of sulfone groups is 1. The van der Waals surface area contributed by atoms with Crippen molar-refractivity contribution < 1.29 is 21.8 Å². The number of halogens is 1. The van der Waals surface area contributed by atoms with Gasteiger partial charge in [-0.15, -0.1) is 0 Å². The minimum absolute atomic E-state index is 0.0196. The summed E-state index contributed by atoms with van der Waals surface area (Å²) in [7, 11) is -5.47. The van der Waals surface area contributed by atoms with Crippen molar-refractivity contribution in [2.75, 3.05) is 61.9 Å². The van der Waals surface area contributed by atoms with Crippen LogP contribution in [0.4, 0.5) is 10.1 Å². The van der Waals surface area contributed by atoms with Gasteiger partial charge in [0.25, 0.3) is 0 Å². The molecule has 3 fully saturated rings. The van der Waals surface area contributed by atoms with Crippen molar-refractivity contribution in [2.45, 2.75) is 99.1 Å². The number of ether oxygens (including phenoxy) is 1. The van der Waals surface area contributed by atoms with Crippen molar-refractivity contribution in [3.8, 4) is 5.75 Å². The summed E-state index contributed by atoms with van der Waals surface area (Å²) in [4.78, 5) is 12.5. The van der Waals surface area contributed by atoms with Crippen molar-refractivity contribution in [3.05, 3.63) is 48.4 Å². The minimum Gasteiger partial charge on any atom is -0.485 e. The van der Waals surface area contributed by atoms with Crippen LogP contribution in [-0.2, 0) is 20.6 Å². The maximum absolute atomic E-state index is 15.6. The number of rotatable bonds is 9. The average molecular weight is 745 g/mol. The molecule has 12 heteroatoms. The van der Waals surface area contributed by atoms with Crippen LogP contribution in [0.25, 0.3) is 10.9 Å². The summed E-state index contributed by atoms with van der Waals surface area (Å²) in [6.45, 7) is 16.1. The second-order valence-electron chi connectivity index (χ2n) is 15.9. The second-order valence-corrected chi connectivity index (χ2v) is 20.5. The average Bonchev–Trinajstić information content (AvgIpc) is 3.07. The van der Waals surface area contributed by atoms with Crippen LogP contribution >= 0.6 is 11.8 Å². The van der Waals surface area contributed by atoms with E-state index in [9.17, 15) is 12.6 Å². The second kappa shape index (κ2) is 15.0. The predicted octanol–water partition coefficient (Wildman–Crippen LogP) is 7.02. The molecule has 3 aliphatic rings. The van der Waals surface area contributed by atoms with E-state index in [1.54, 1.807) is 24.5 Å². The molecule has 6 rings (SSSR count). The van der Waals surface area contributed by atoms with Crippen LogP contribution in [0.1, 0.15) is 66.7 Å². The maximum atomic E-state index is 15.6. The molecule has 50 heavy (non-hydrogen) atoms. The maximum Gasteiger partial charge on any atom is 0.210 e. The van der Waals surface area contributed by atoms with E-state index in [0.29, 0.717) is 53.1 Å². The summed E-state index contributed by atoms with van der Waals surface area (Å²) >= 11 is 2.06. The fourth-order valence-electron chi connectivity index (χ4n) is 8.32. The SMILES string of the molecule is CS(=O)c1ccc2ncc(S(=O)(=O)c3ccc(OC(C)(C)CC(C)(C)C)c(F)c3)c(N3CCC(N4CCC(N5CCSCC5)CC4)CC3)c2c1. The molecule has 274 valence electrons. The lowest BCUT2D eigenvalue weighted by molar-refractivity contribution is 0.0580. The summed E-state index contributed by atoms with van der Waals surface area (Å²) < 4.78 is 63.1. The highest BCUT2D eigenvalue weighted by Crippen LogP contribution is 2.40. The zero-order chi connectivity index (χ0) is 35.8. The molecule has 1 unspecified atom stereocenters. The molecule has 3 saturated heterocycles. The number of anilines is 1. The number of likely N-dealkylation sites (tertiary alicyclic amines) is 1. The number of nitrogens with zero attached hydrogens (tertiary/aromatic N) is 4. The smallest absolute Gasteiger partial charge is 0.210 e. The quantitative estimate of drug-likeness (QED) is 0.230. The molecule has 0 N–H and O–H groups in total. The van der Waals surface area contributed by atoms with E-state index < -0.39 is 32.1 Å². The molecule has 0 spiro atoms. The van der Waals surface area contributed by atoms with Crippen LogP contribution in [0.2, 0.25) is 0 Å². The Morgan fingerprint density at radius 2 is 1.52 bits per heavy atom. The monoisotopic (exact) mass is 744 g/mol. The molecular formula is C38H53FN4O4S3. The Morgan fingerprint density at radius 1 is 0.900 bits per heavy atom. The lowest BCUT2D eigenvalue weighted by atomic mass is 9.83. The third kappa shape index (κ3) is 8.51. The normalized spacial score (nSPS) is 20.3. The Morgan fingerprint density at radius 3 is 2.12 bits per heavy atom. The van der Waals surface area contributed by atoms with Gasteiger partial charge in [-0.25, -0.2) is 12.8 Å². The zero-order valence-corrected chi connectivity index (χ0v) is 32.9. The first-order valence-corrected chi connectivity index (χ1v) is 22.1. The number of thioether (sulfide) groups is 1. The van der Waals surface area contributed by atoms with Gasteiger partial charge >= 0.3 is 0 Å². The molecule has 2 aromatic carbocycles. The highest BCUT2D eigenvalue weighted by atomic mass is 32.2. The first-order valence-electron chi connectivity index (χ1n) is 17.9. The van der Waals surface area contributed by atoms with Gasteiger partial charge in [0, 0.05) is 83.3 Å². The van der Waals surface area contributed by atoms with E-state index >= 15 is 4.39 Å². The topological polar surface area (TPSA) is 83.0 Å². The van der Waals surface area contributed by atoms with Crippen molar-refractivity contribution in [3.63, 3.8) is 0 Å². The first kappa shape index (κ1) is 37.5. The minimum atomic E-state index is -4.20. The van der Waals surface area contributed by atoms with Crippen molar-refractivity contribution in [1.82, 2.24) is 14.8 Å². The molecule has 0 bridgehead atoms. The molecule has 1 atom stereocenters. The number of fused-ring (bicyclic) bond motifs is 1. The Labute approximate surface area is 304 Å². The van der Waals surface area contributed by atoms with Crippen LogP contribution in [0, 0.1) is 11.2 Å². The van der Waals surface area contributed by atoms with Crippen LogP contribution in [0.5, 0.6) is 5.75 Å². The lowest BCUT2D eigenvalue weighted by Crippen LogP contribution is -2.52. The van der Waals surface area contributed by atoms with Gasteiger partial charge in [0.2, 0.25) is 9.84 Å². The third-order valence-corrected chi connectivity index (χ3v) is 13.9. The van der Waals surface area contributed by atoms with Crippen molar-refractivity contribution >= 4 is 49.0 Å². The van der Waals surface area contributed by atoms with E-state index in [1.165, 1.54) is 55.8 Å². The molecule has 8 nitrogen and oxygen atoms in total. The number of pyridine rings is 1. The number of piperidine rings is 2. The fourth-order valence-corrected chi connectivity index (χ4v) is 11.2. The predicted molar refractivity (Wildman–Crippen MR) is 203 cm³/mol. The molecule has 1 aromatic heterocycles. The largest absolute Gasteiger partial charge is 0.485 e. The van der Waals surface area contributed by atoms with E-state index in [1.807, 2.05) is 13.8 Å². The van der Waals surface area contributed by atoms with Gasteiger partial charge in [0.05, 0.1) is 16.1 Å². The summed E-state index contributed by atoms with van der Waals surface area (Å²) in [6.07, 6.45) is 7.94. The molecule has 3 aromatic rings. The molecule has 0 radical (unpaired) electrons. The van der Waals surface area contributed by atoms with Gasteiger partial charge in [-0.3, -0.25) is 14.1 Å². The lowest BCUT2D eigenvalue weighted by Gasteiger charge is -2.45. The van der Waals surface area contributed by atoms with Gasteiger partial charge in [-0.1, -0.05) is 20.8 Å². The van der Waals surface area contributed by atoms with Crippen LogP contribution in [0.3, 0.4) is 0 Å². The molecule has 0 aliphatic carbocycles. The molecule has 0 amide bonds. The summed E-state index contributed by atoms with van der Waals surface area (Å²) in [5, 5.41) is 0.641. The highest BCUT2D eigenvalue weighted by molar-refractivity contribution is 7.99. The molecule has 0 saturated carbocycles. The van der Waals surface area contributed by atoms with Crippen LogP contribution in [-0.4, -0.2) is 102 Å². The number of benzene rings is 2. The summed E-state index contributed by atoms with van der Waals surface area (Å²) in [5.41, 5.74) is 0.490. The third-order valence-electron chi connectivity index (χ3n) is 10.3. The summed E-state index contributed by atoms with van der Waals surface area (Å²) in [5.74, 6) is 1.77. The Bertz CT molecular complexity index is 1810. The van der Waals surface area contributed by atoms with Crippen LogP contribution in [0.15, 0.2) is 57.3 Å². The zero-order valence-electron chi connectivity index (χ0n) is 30.4. The molecule has 4 heterocycles. The van der Waals surface area contributed by atoms with E-state index in [2.05, 4.69) is 52.2 Å². The number of hydrogen-bond donors (Lipinski definition) is 0. The van der Waals surface area contributed by atoms with Crippen molar-refractivity contribution in [2.24, 2.45) is 5.41 Å². The van der Waals surface area contributed by atoms with E-state index in [-0.39, 0.29) is 21.0 Å². The molecular weight excluding hydrogens is 692 g/mol.